The van der Waals surface area contributed by atoms with Gasteiger partial charge in [0, 0.05) is 29.3 Å². The number of carbonyl (C=O) groups excluding carboxylic acids is 1. The Labute approximate surface area is 177 Å². The molecule has 3 rings (SSSR count). The van der Waals surface area contributed by atoms with E-state index in [9.17, 15) is 14.9 Å². The van der Waals surface area contributed by atoms with E-state index in [1.807, 2.05) is 12.1 Å². The number of nitro groups is 1. The minimum atomic E-state index is -0.500. The number of nitrogens with zero attached hydrogens (tertiary/aromatic N) is 3. The SMILES string of the molecule is COc1ccc(-c2cc[n+](CC(=O)c3ccc([N+](=O)[O-])cc3)cn2)cc1OC.[Br-]. The van der Waals surface area contributed by atoms with Gasteiger partial charge in [0.2, 0.25) is 5.78 Å². The fraction of sp³-hybridized carbons (Fsp3) is 0.150. The zero-order valence-corrected chi connectivity index (χ0v) is 17.3. The monoisotopic (exact) mass is 459 g/mol. The number of methoxy groups -OCH3 is 2. The topological polar surface area (TPSA) is 95.4 Å². The Hall–Kier alpha value is -3.33. The summed E-state index contributed by atoms with van der Waals surface area (Å²) in [5, 5.41) is 10.7. The van der Waals surface area contributed by atoms with Crippen molar-refractivity contribution < 1.29 is 40.7 Å². The molecule has 0 spiro atoms. The van der Waals surface area contributed by atoms with Crippen molar-refractivity contribution in [3.8, 4) is 22.8 Å². The van der Waals surface area contributed by atoms with Crippen molar-refractivity contribution in [2.45, 2.75) is 6.54 Å². The van der Waals surface area contributed by atoms with Gasteiger partial charge in [0.1, 0.15) is 0 Å². The Morgan fingerprint density at radius 1 is 1.07 bits per heavy atom. The van der Waals surface area contributed by atoms with Gasteiger partial charge in [-0.05, 0) is 35.3 Å². The van der Waals surface area contributed by atoms with Crippen molar-refractivity contribution in [3.63, 3.8) is 0 Å². The second-order valence-corrected chi connectivity index (χ2v) is 5.91. The third kappa shape index (κ3) is 5.14. The normalized spacial score (nSPS) is 10.0. The van der Waals surface area contributed by atoms with Crippen LogP contribution in [0, 0.1) is 10.1 Å². The van der Waals surface area contributed by atoms with Crippen molar-refractivity contribution in [1.29, 1.82) is 0 Å². The zero-order valence-electron chi connectivity index (χ0n) is 15.7. The molecule has 29 heavy (non-hydrogen) atoms. The summed E-state index contributed by atoms with van der Waals surface area (Å²) in [7, 11) is 3.14. The van der Waals surface area contributed by atoms with Gasteiger partial charge < -0.3 is 26.5 Å². The van der Waals surface area contributed by atoms with Crippen LogP contribution in [0.15, 0.2) is 61.1 Å². The number of ketones is 1. The van der Waals surface area contributed by atoms with Crippen LogP contribution >= 0.6 is 0 Å². The van der Waals surface area contributed by atoms with Crippen LogP contribution in [0.2, 0.25) is 0 Å². The first-order valence-corrected chi connectivity index (χ1v) is 8.37. The number of nitro benzene ring substituents is 1. The predicted octanol–water partition coefficient (Wildman–Crippen LogP) is -0.152. The maximum atomic E-state index is 12.4. The standard InChI is InChI=1S/C20H18N3O5.BrH/c1-27-19-8-5-15(11-20(19)28-2)17-9-10-22(13-21-17)12-18(24)14-3-6-16(7-4-14)23(25)26;/h3-11,13H,12H2,1-2H3;1H/q+1;/p-1. The van der Waals surface area contributed by atoms with Crippen molar-refractivity contribution >= 4 is 11.5 Å². The Morgan fingerprint density at radius 3 is 2.31 bits per heavy atom. The van der Waals surface area contributed by atoms with Gasteiger partial charge in [0.25, 0.3) is 12.0 Å². The highest BCUT2D eigenvalue weighted by molar-refractivity contribution is 5.95. The highest BCUT2D eigenvalue weighted by Gasteiger charge is 2.14. The lowest BCUT2D eigenvalue weighted by Crippen LogP contribution is -3.00. The first kappa shape index (κ1) is 22.0. The lowest BCUT2D eigenvalue weighted by atomic mass is 10.1. The quantitative estimate of drug-likeness (QED) is 0.211. The number of hydrogen-bond donors (Lipinski definition) is 0. The van der Waals surface area contributed by atoms with E-state index < -0.39 is 4.92 Å². The molecule has 9 heteroatoms. The summed E-state index contributed by atoms with van der Waals surface area (Å²) in [4.78, 5) is 26.9. The number of aromatic nitrogens is 2. The minimum absolute atomic E-state index is 0. The number of hydrogen-bond acceptors (Lipinski definition) is 6. The second-order valence-electron chi connectivity index (χ2n) is 5.91. The molecule has 2 aromatic carbocycles. The van der Waals surface area contributed by atoms with E-state index in [4.69, 9.17) is 9.47 Å². The summed E-state index contributed by atoms with van der Waals surface area (Å²) in [5.74, 6) is 1.07. The molecule has 0 amide bonds. The third-order valence-corrected chi connectivity index (χ3v) is 4.17. The van der Waals surface area contributed by atoms with E-state index in [-0.39, 0.29) is 35.0 Å². The van der Waals surface area contributed by atoms with Gasteiger partial charge in [0.15, 0.2) is 23.7 Å². The number of ether oxygens (including phenoxy) is 2. The molecule has 0 aliphatic rings. The maximum absolute atomic E-state index is 12.4. The average Bonchev–Trinajstić information content (AvgIpc) is 2.73. The van der Waals surface area contributed by atoms with Gasteiger partial charge in [-0.15, -0.1) is 0 Å². The van der Waals surface area contributed by atoms with Crippen LogP contribution in [0.25, 0.3) is 11.3 Å². The van der Waals surface area contributed by atoms with Crippen LogP contribution in [0.3, 0.4) is 0 Å². The molecule has 0 aliphatic carbocycles. The summed E-state index contributed by atoms with van der Waals surface area (Å²) in [5.41, 5.74) is 1.93. The molecule has 3 aromatic rings. The molecule has 0 unspecified atom stereocenters. The number of benzene rings is 2. The van der Waals surface area contributed by atoms with Crippen molar-refractivity contribution in [2.75, 3.05) is 14.2 Å². The molecule has 0 saturated heterocycles. The summed E-state index contributed by atoms with van der Waals surface area (Å²) in [6, 6.07) is 12.8. The fourth-order valence-corrected chi connectivity index (χ4v) is 2.67. The van der Waals surface area contributed by atoms with Crippen LogP contribution < -0.4 is 31.0 Å². The highest BCUT2D eigenvalue weighted by atomic mass is 79.9. The van der Waals surface area contributed by atoms with Crippen LogP contribution in [-0.2, 0) is 6.54 Å². The first-order chi connectivity index (χ1) is 13.5. The molecule has 0 bridgehead atoms. The zero-order chi connectivity index (χ0) is 20.1. The maximum Gasteiger partial charge on any atom is 0.287 e. The molecule has 8 nitrogen and oxygen atoms in total. The summed E-state index contributed by atoms with van der Waals surface area (Å²) < 4.78 is 12.2. The summed E-state index contributed by atoms with van der Waals surface area (Å²) in [6.07, 6.45) is 3.32. The fourth-order valence-electron chi connectivity index (χ4n) is 2.67. The van der Waals surface area contributed by atoms with Crippen molar-refractivity contribution in [1.82, 2.24) is 4.98 Å². The van der Waals surface area contributed by atoms with E-state index in [1.165, 1.54) is 24.3 Å². The number of rotatable bonds is 7. The Bertz CT molecular complexity index is 1010. The Kier molecular flexibility index (Phi) is 7.38. The summed E-state index contributed by atoms with van der Waals surface area (Å²) in [6.45, 7) is 0.0804. The molecule has 0 fully saturated rings. The Morgan fingerprint density at radius 2 is 1.76 bits per heavy atom. The van der Waals surface area contributed by atoms with Crippen molar-refractivity contribution in [2.24, 2.45) is 0 Å². The van der Waals surface area contributed by atoms with Gasteiger partial charge in [-0.3, -0.25) is 14.9 Å². The van der Waals surface area contributed by atoms with Gasteiger partial charge in [-0.1, -0.05) is 0 Å². The van der Waals surface area contributed by atoms with E-state index in [0.717, 1.165) is 11.3 Å². The van der Waals surface area contributed by atoms with Gasteiger partial charge in [-0.25, -0.2) is 4.57 Å². The number of Topliss-reactive ketones (excluding diaryl/α,β-unsaturated/α-hetero) is 1. The van der Waals surface area contributed by atoms with Crippen LogP contribution in [0.1, 0.15) is 10.4 Å². The average molecular weight is 460 g/mol. The van der Waals surface area contributed by atoms with E-state index in [1.54, 1.807) is 43.4 Å². The summed E-state index contributed by atoms with van der Waals surface area (Å²) >= 11 is 0. The molecular formula is C20H18BrN3O5. The third-order valence-electron chi connectivity index (χ3n) is 4.17. The van der Waals surface area contributed by atoms with Gasteiger partial charge in [-0.2, -0.15) is 0 Å². The minimum Gasteiger partial charge on any atom is -1.00 e. The number of non-ortho nitro benzene ring substituents is 1. The molecular weight excluding hydrogens is 442 g/mol. The highest BCUT2D eigenvalue weighted by Crippen LogP contribution is 2.31. The van der Waals surface area contributed by atoms with Crippen LogP contribution in [0.4, 0.5) is 5.69 Å². The number of halogens is 1. The first-order valence-electron chi connectivity index (χ1n) is 8.37. The van der Waals surface area contributed by atoms with Crippen LogP contribution in [-0.4, -0.2) is 29.9 Å². The largest absolute Gasteiger partial charge is 1.00 e. The smallest absolute Gasteiger partial charge is 0.287 e. The molecule has 0 saturated carbocycles. The molecule has 1 heterocycles. The van der Waals surface area contributed by atoms with Gasteiger partial charge in [0.05, 0.1) is 25.3 Å². The number of carbonyl (C=O) groups is 1. The Balaban J connectivity index is 0.00000300. The van der Waals surface area contributed by atoms with Crippen molar-refractivity contribution in [3.05, 3.63) is 76.7 Å². The lowest BCUT2D eigenvalue weighted by Gasteiger charge is -2.08. The van der Waals surface area contributed by atoms with E-state index in [0.29, 0.717) is 17.1 Å². The molecule has 0 radical (unpaired) electrons. The van der Waals surface area contributed by atoms with E-state index in [2.05, 4.69) is 4.98 Å². The molecule has 150 valence electrons. The predicted molar refractivity (Wildman–Crippen MR) is 100 cm³/mol. The molecule has 0 aliphatic heterocycles. The van der Waals surface area contributed by atoms with E-state index >= 15 is 0 Å². The molecule has 0 atom stereocenters. The van der Waals surface area contributed by atoms with Gasteiger partial charge >= 0.3 is 0 Å². The molecule has 0 N–H and O–H groups in total. The molecule has 1 aromatic heterocycles. The van der Waals surface area contributed by atoms with Crippen LogP contribution in [0.5, 0.6) is 11.5 Å². The second kappa shape index (κ2) is 9.74. The lowest BCUT2D eigenvalue weighted by molar-refractivity contribution is -0.686.